The van der Waals surface area contributed by atoms with Crippen LogP contribution in [0.25, 0.3) is 0 Å². The van der Waals surface area contributed by atoms with Gasteiger partial charge < -0.3 is 5.73 Å². The number of nitrogens with zero attached hydrogens (tertiary/aromatic N) is 1. The average molecular weight is 220 g/mol. The zero-order chi connectivity index (χ0) is 11.6. The number of hydrogen-bond donors (Lipinski definition) is 2. The van der Waals surface area contributed by atoms with Crippen molar-refractivity contribution < 1.29 is 23.2 Å². The smallest absolute Gasteiger partial charge is 0.350 e. The van der Waals surface area contributed by atoms with Crippen LogP contribution in [0.3, 0.4) is 0 Å². The quantitative estimate of drug-likeness (QED) is 0.452. The minimum absolute atomic E-state index is 0.738. The van der Waals surface area contributed by atoms with E-state index in [-0.39, 0.29) is 0 Å². The molecular weight excluding hydrogens is 213 g/mol. The molecule has 15 heavy (non-hydrogen) atoms. The summed E-state index contributed by atoms with van der Waals surface area (Å²) in [6.07, 6.45) is 0. The number of benzene rings is 1. The monoisotopic (exact) mass is 220 g/mol. The highest BCUT2D eigenvalue weighted by atomic mass is 19.3. The SMILES string of the molecule is NC(=O)N(O)C(F)(F)c1ccccc1F. The number of carbonyl (C=O) groups is 1. The fraction of sp³-hybridized carbons (Fsp3) is 0.125. The molecule has 7 heteroatoms. The van der Waals surface area contributed by atoms with Gasteiger partial charge in [0.25, 0.3) is 0 Å². The molecule has 0 saturated heterocycles. The second-order valence-corrected chi connectivity index (χ2v) is 2.67. The van der Waals surface area contributed by atoms with Crippen molar-refractivity contribution in [1.29, 1.82) is 0 Å². The Morgan fingerprint density at radius 2 is 1.93 bits per heavy atom. The topological polar surface area (TPSA) is 66.6 Å². The third-order valence-electron chi connectivity index (χ3n) is 1.67. The van der Waals surface area contributed by atoms with Crippen molar-refractivity contribution in [1.82, 2.24) is 5.06 Å². The van der Waals surface area contributed by atoms with Gasteiger partial charge in [0.05, 0.1) is 5.56 Å². The summed E-state index contributed by atoms with van der Waals surface area (Å²) in [5.41, 5.74) is 3.31. The van der Waals surface area contributed by atoms with Crippen molar-refractivity contribution in [3.8, 4) is 0 Å². The van der Waals surface area contributed by atoms with Crippen molar-refractivity contribution >= 4 is 6.03 Å². The van der Waals surface area contributed by atoms with Crippen molar-refractivity contribution in [3.05, 3.63) is 35.6 Å². The Hall–Kier alpha value is -1.76. The molecule has 0 radical (unpaired) electrons. The molecule has 0 saturated carbocycles. The Kier molecular flexibility index (Phi) is 2.85. The number of hydroxylamine groups is 2. The normalized spacial score (nSPS) is 11.2. The molecule has 0 spiro atoms. The van der Waals surface area contributed by atoms with Gasteiger partial charge in [-0.05, 0) is 12.1 Å². The van der Waals surface area contributed by atoms with E-state index < -0.39 is 28.5 Å². The minimum atomic E-state index is -4.20. The number of alkyl halides is 2. The van der Waals surface area contributed by atoms with Gasteiger partial charge in [0, 0.05) is 0 Å². The maximum Gasteiger partial charge on any atom is 0.380 e. The molecule has 0 aromatic heterocycles. The number of urea groups is 1. The number of rotatable bonds is 2. The summed E-state index contributed by atoms with van der Waals surface area (Å²) in [7, 11) is 0. The number of carbonyl (C=O) groups excluding carboxylic acids is 1. The van der Waals surface area contributed by atoms with Gasteiger partial charge in [0.1, 0.15) is 5.82 Å². The van der Waals surface area contributed by atoms with Gasteiger partial charge in [-0.25, -0.2) is 9.18 Å². The molecule has 3 N–H and O–H groups in total. The van der Waals surface area contributed by atoms with Gasteiger partial charge in [-0.1, -0.05) is 12.1 Å². The fourth-order valence-corrected chi connectivity index (χ4v) is 0.958. The zero-order valence-electron chi connectivity index (χ0n) is 7.32. The van der Waals surface area contributed by atoms with E-state index in [2.05, 4.69) is 5.73 Å². The van der Waals surface area contributed by atoms with E-state index in [1.54, 1.807) is 0 Å². The second kappa shape index (κ2) is 3.77. The van der Waals surface area contributed by atoms with Crippen molar-refractivity contribution in [3.63, 3.8) is 0 Å². The van der Waals surface area contributed by atoms with E-state index in [0.717, 1.165) is 18.2 Å². The van der Waals surface area contributed by atoms with Crippen LogP contribution in [-0.2, 0) is 6.05 Å². The van der Waals surface area contributed by atoms with Crippen LogP contribution in [0.2, 0.25) is 0 Å². The van der Waals surface area contributed by atoms with Crippen LogP contribution in [0.5, 0.6) is 0 Å². The highest BCUT2D eigenvalue weighted by molar-refractivity contribution is 5.71. The molecule has 0 fully saturated rings. The summed E-state index contributed by atoms with van der Waals surface area (Å²) in [5.74, 6) is -1.25. The standard InChI is InChI=1S/C8H7F3N2O2/c9-6-4-2-1-3-5(6)8(10,11)13(15)7(12)14/h1-4,15H,(H2,12,14). The lowest BCUT2D eigenvalue weighted by Crippen LogP contribution is -2.44. The highest BCUT2D eigenvalue weighted by Gasteiger charge is 2.43. The molecular formula is C8H7F3N2O2. The van der Waals surface area contributed by atoms with Gasteiger partial charge in [-0.2, -0.15) is 8.78 Å². The van der Waals surface area contributed by atoms with Crippen LogP contribution in [0.4, 0.5) is 18.0 Å². The maximum absolute atomic E-state index is 13.2. The van der Waals surface area contributed by atoms with E-state index in [0.29, 0.717) is 0 Å². The average Bonchev–Trinajstić information content (AvgIpc) is 2.16. The Balaban J connectivity index is 3.16. The van der Waals surface area contributed by atoms with Gasteiger partial charge in [-0.15, -0.1) is 5.06 Å². The fourth-order valence-electron chi connectivity index (χ4n) is 0.958. The lowest BCUT2D eigenvalue weighted by Gasteiger charge is -2.23. The number of amides is 2. The maximum atomic E-state index is 13.2. The van der Waals surface area contributed by atoms with E-state index in [1.807, 2.05) is 0 Å². The van der Waals surface area contributed by atoms with Gasteiger partial charge in [0.15, 0.2) is 0 Å². The van der Waals surface area contributed by atoms with E-state index in [1.165, 1.54) is 6.07 Å². The number of primary amides is 1. The summed E-state index contributed by atoms with van der Waals surface area (Å²) in [4.78, 5) is 10.3. The summed E-state index contributed by atoms with van der Waals surface area (Å²) in [6, 6.07) is -2.12. The molecule has 2 amide bonds. The number of halogens is 3. The van der Waals surface area contributed by atoms with Gasteiger partial charge in [-0.3, -0.25) is 5.21 Å². The molecule has 1 aromatic carbocycles. The Morgan fingerprint density at radius 3 is 2.40 bits per heavy atom. The van der Waals surface area contributed by atoms with E-state index in [4.69, 9.17) is 5.21 Å². The molecule has 1 aromatic rings. The largest absolute Gasteiger partial charge is 0.380 e. The first kappa shape index (κ1) is 11.3. The third-order valence-corrected chi connectivity index (χ3v) is 1.67. The summed E-state index contributed by atoms with van der Waals surface area (Å²) >= 11 is 0. The van der Waals surface area contributed by atoms with E-state index >= 15 is 0 Å². The first-order valence-corrected chi connectivity index (χ1v) is 3.78. The van der Waals surface area contributed by atoms with Gasteiger partial charge in [0.2, 0.25) is 0 Å². The molecule has 0 atom stereocenters. The zero-order valence-corrected chi connectivity index (χ0v) is 7.32. The first-order valence-electron chi connectivity index (χ1n) is 3.78. The van der Waals surface area contributed by atoms with Gasteiger partial charge >= 0.3 is 12.1 Å². The highest BCUT2D eigenvalue weighted by Crippen LogP contribution is 2.32. The van der Waals surface area contributed by atoms with Crippen LogP contribution >= 0.6 is 0 Å². The third kappa shape index (κ3) is 2.01. The molecule has 0 heterocycles. The summed E-state index contributed by atoms with van der Waals surface area (Å²) < 4.78 is 39.3. The lowest BCUT2D eigenvalue weighted by molar-refractivity contribution is -0.259. The number of hydrogen-bond acceptors (Lipinski definition) is 2. The minimum Gasteiger partial charge on any atom is -0.350 e. The van der Waals surface area contributed by atoms with Crippen molar-refractivity contribution in [2.75, 3.05) is 0 Å². The van der Waals surface area contributed by atoms with E-state index in [9.17, 15) is 18.0 Å². The second-order valence-electron chi connectivity index (χ2n) is 2.67. The lowest BCUT2D eigenvalue weighted by atomic mass is 10.2. The molecule has 0 aliphatic heterocycles. The molecule has 0 aliphatic carbocycles. The van der Waals surface area contributed by atoms with Crippen LogP contribution in [0, 0.1) is 5.82 Å². The number of nitrogens with two attached hydrogens (primary N) is 1. The molecule has 0 bridgehead atoms. The van der Waals surface area contributed by atoms with Crippen molar-refractivity contribution in [2.45, 2.75) is 6.05 Å². The molecule has 4 nitrogen and oxygen atoms in total. The molecule has 0 aliphatic rings. The molecule has 1 rings (SSSR count). The molecule has 82 valence electrons. The Bertz CT molecular complexity index is 384. The van der Waals surface area contributed by atoms with Crippen LogP contribution in [0.15, 0.2) is 24.3 Å². The van der Waals surface area contributed by atoms with Crippen molar-refractivity contribution in [2.24, 2.45) is 5.73 Å². The predicted molar refractivity (Wildman–Crippen MR) is 43.5 cm³/mol. The Labute approximate surface area is 82.7 Å². The molecule has 0 unspecified atom stereocenters. The van der Waals surface area contributed by atoms with Crippen LogP contribution in [-0.4, -0.2) is 16.3 Å². The summed E-state index contributed by atoms with van der Waals surface area (Å²) in [6.45, 7) is 0. The Morgan fingerprint density at radius 1 is 1.40 bits per heavy atom. The van der Waals surface area contributed by atoms with Crippen LogP contribution in [0.1, 0.15) is 5.56 Å². The summed E-state index contributed by atoms with van der Waals surface area (Å²) in [5, 5.41) is 7.65. The predicted octanol–water partition coefficient (Wildman–Crippen LogP) is 1.64. The van der Waals surface area contributed by atoms with Crippen LogP contribution < -0.4 is 5.73 Å². The first-order chi connectivity index (χ1) is 6.87.